The molecule has 1 aromatic rings. The Morgan fingerprint density at radius 1 is 1.40 bits per heavy atom. The average Bonchev–Trinajstić information content (AvgIpc) is 2.35. The molecule has 4 N–H and O–H groups in total. The van der Waals surface area contributed by atoms with E-state index in [0.717, 1.165) is 0 Å². The number of anilines is 1. The summed E-state index contributed by atoms with van der Waals surface area (Å²) >= 11 is 0. The van der Waals surface area contributed by atoms with Gasteiger partial charge in [0.1, 0.15) is 5.75 Å². The number of hydrogen-bond acceptors (Lipinski definition) is 4. The fraction of sp³-hybridized carbons (Fsp3) is 0.429. The molecule has 0 aromatic heterocycles. The molecule has 0 fully saturated rings. The van der Waals surface area contributed by atoms with E-state index < -0.39 is 11.5 Å². The minimum absolute atomic E-state index is 0.00778. The van der Waals surface area contributed by atoms with Gasteiger partial charge in [-0.2, -0.15) is 0 Å². The number of amides is 1. The van der Waals surface area contributed by atoms with Crippen molar-refractivity contribution >= 4 is 17.6 Å². The summed E-state index contributed by atoms with van der Waals surface area (Å²) in [6, 6.07) is 4.76. The molecule has 1 aromatic carbocycles. The van der Waals surface area contributed by atoms with Crippen LogP contribution in [0.1, 0.15) is 37.0 Å². The summed E-state index contributed by atoms with van der Waals surface area (Å²) in [6.07, 6.45) is 0.331. The van der Waals surface area contributed by atoms with Crippen molar-refractivity contribution in [3.8, 4) is 5.75 Å². The molecule has 6 nitrogen and oxygen atoms in total. The number of benzene rings is 1. The monoisotopic (exact) mass is 280 g/mol. The second-order valence-corrected chi connectivity index (χ2v) is 5.19. The highest BCUT2D eigenvalue weighted by molar-refractivity contribution is 5.97. The first-order chi connectivity index (χ1) is 9.25. The number of nitrogens with two attached hydrogens (primary N) is 1. The van der Waals surface area contributed by atoms with Crippen LogP contribution in [0, 0.1) is 0 Å². The Morgan fingerprint density at radius 2 is 2.05 bits per heavy atom. The van der Waals surface area contributed by atoms with Gasteiger partial charge >= 0.3 is 5.97 Å². The van der Waals surface area contributed by atoms with E-state index in [-0.39, 0.29) is 12.3 Å². The molecule has 0 aliphatic rings. The largest absolute Gasteiger partial charge is 0.496 e. The van der Waals surface area contributed by atoms with Crippen LogP contribution in [-0.2, 0) is 4.79 Å². The molecule has 0 aliphatic heterocycles. The summed E-state index contributed by atoms with van der Waals surface area (Å²) in [5.41, 5.74) is 5.88. The Labute approximate surface area is 117 Å². The molecule has 0 unspecified atom stereocenters. The molecule has 0 saturated heterocycles. The standard InChI is InChI=1S/C14H20N2O4/c1-14(2,7-6-12(17)18)16-13(19)10-5-4-9(15)8-11(10)20-3/h4-5,8H,6-7,15H2,1-3H3,(H,16,19)(H,17,18). The third-order valence-corrected chi connectivity index (χ3v) is 2.89. The maximum Gasteiger partial charge on any atom is 0.303 e. The molecule has 0 heterocycles. The molecule has 110 valence electrons. The lowest BCUT2D eigenvalue weighted by Crippen LogP contribution is -2.43. The molecule has 0 saturated carbocycles. The first-order valence-electron chi connectivity index (χ1n) is 6.23. The molecule has 20 heavy (non-hydrogen) atoms. The number of carboxylic acid groups (broad SMARTS) is 1. The maximum atomic E-state index is 12.2. The molecular formula is C14H20N2O4. The highest BCUT2D eigenvalue weighted by Gasteiger charge is 2.23. The molecule has 0 aliphatic carbocycles. The SMILES string of the molecule is COc1cc(N)ccc1C(=O)NC(C)(C)CCC(=O)O. The predicted octanol–water partition coefficient (Wildman–Crippen LogP) is 1.65. The Hall–Kier alpha value is -2.24. The number of ether oxygens (including phenoxy) is 1. The van der Waals surface area contributed by atoms with Crippen LogP contribution in [0.4, 0.5) is 5.69 Å². The van der Waals surface area contributed by atoms with Crippen LogP contribution < -0.4 is 15.8 Å². The topological polar surface area (TPSA) is 102 Å². The average molecular weight is 280 g/mol. The summed E-state index contributed by atoms with van der Waals surface area (Å²) in [4.78, 5) is 22.8. The van der Waals surface area contributed by atoms with Gasteiger partial charge in [-0.3, -0.25) is 9.59 Å². The Bertz CT molecular complexity index is 512. The van der Waals surface area contributed by atoms with Gasteiger partial charge < -0.3 is 20.9 Å². The minimum atomic E-state index is -0.891. The van der Waals surface area contributed by atoms with Crippen molar-refractivity contribution in [3.63, 3.8) is 0 Å². The van der Waals surface area contributed by atoms with E-state index in [4.69, 9.17) is 15.6 Å². The van der Waals surface area contributed by atoms with E-state index in [1.165, 1.54) is 7.11 Å². The van der Waals surface area contributed by atoms with Gasteiger partial charge in [-0.25, -0.2) is 0 Å². The van der Waals surface area contributed by atoms with E-state index in [1.54, 1.807) is 32.0 Å². The molecule has 1 rings (SSSR count). The first kappa shape index (κ1) is 15.8. The second kappa shape index (κ2) is 6.27. The number of rotatable bonds is 6. The summed E-state index contributed by atoms with van der Waals surface area (Å²) in [7, 11) is 1.46. The van der Waals surface area contributed by atoms with Crippen LogP contribution in [-0.4, -0.2) is 29.6 Å². The zero-order valence-electron chi connectivity index (χ0n) is 11.9. The van der Waals surface area contributed by atoms with Crippen LogP contribution in [0.3, 0.4) is 0 Å². The van der Waals surface area contributed by atoms with Crippen LogP contribution in [0.15, 0.2) is 18.2 Å². The van der Waals surface area contributed by atoms with Crippen molar-refractivity contribution in [2.45, 2.75) is 32.2 Å². The fourth-order valence-electron chi connectivity index (χ4n) is 1.75. The molecule has 0 radical (unpaired) electrons. The van der Waals surface area contributed by atoms with Gasteiger partial charge in [0.2, 0.25) is 0 Å². The molecule has 0 bridgehead atoms. The molecule has 0 atom stereocenters. The summed E-state index contributed by atoms with van der Waals surface area (Å²) < 4.78 is 5.13. The van der Waals surface area contributed by atoms with Gasteiger partial charge in [0, 0.05) is 23.7 Å². The number of hydrogen-bond donors (Lipinski definition) is 3. The summed E-state index contributed by atoms with van der Waals surface area (Å²) in [5, 5.41) is 11.5. The van der Waals surface area contributed by atoms with Crippen molar-refractivity contribution in [3.05, 3.63) is 23.8 Å². The van der Waals surface area contributed by atoms with Crippen LogP contribution in [0.5, 0.6) is 5.75 Å². The number of methoxy groups -OCH3 is 1. The highest BCUT2D eigenvalue weighted by atomic mass is 16.5. The van der Waals surface area contributed by atoms with Gasteiger partial charge in [0.05, 0.1) is 12.7 Å². The van der Waals surface area contributed by atoms with Crippen molar-refractivity contribution in [1.82, 2.24) is 5.32 Å². The summed E-state index contributed by atoms with van der Waals surface area (Å²) in [6.45, 7) is 3.55. The summed E-state index contributed by atoms with van der Waals surface area (Å²) in [5.74, 6) is -0.828. The quantitative estimate of drug-likeness (QED) is 0.688. The normalized spacial score (nSPS) is 10.9. The zero-order valence-corrected chi connectivity index (χ0v) is 11.9. The van der Waals surface area contributed by atoms with Crippen molar-refractivity contribution in [2.24, 2.45) is 0 Å². The smallest absolute Gasteiger partial charge is 0.303 e. The number of carbonyl (C=O) groups excluding carboxylic acids is 1. The third-order valence-electron chi connectivity index (χ3n) is 2.89. The number of nitrogens with one attached hydrogen (secondary N) is 1. The molecule has 6 heteroatoms. The van der Waals surface area contributed by atoms with Crippen LogP contribution >= 0.6 is 0 Å². The number of carboxylic acids is 1. The Morgan fingerprint density at radius 3 is 2.60 bits per heavy atom. The van der Waals surface area contributed by atoms with Crippen LogP contribution in [0.2, 0.25) is 0 Å². The van der Waals surface area contributed by atoms with E-state index >= 15 is 0 Å². The molecule has 0 spiro atoms. The van der Waals surface area contributed by atoms with Crippen molar-refractivity contribution in [1.29, 1.82) is 0 Å². The van der Waals surface area contributed by atoms with E-state index in [9.17, 15) is 9.59 Å². The highest BCUT2D eigenvalue weighted by Crippen LogP contribution is 2.22. The zero-order chi connectivity index (χ0) is 15.3. The molecular weight excluding hydrogens is 260 g/mol. The van der Waals surface area contributed by atoms with Gasteiger partial charge in [-0.1, -0.05) is 0 Å². The predicted molar refractivity (Wildman–Crippen MR) is 75.8 cm³/mol. The van der Waals surface area contributed by atoms with Gasteiger partial charge in [0.25, 0.3) is 5.91 Å². The molecule has 1 amide bonds. The van der Waals surface area contributed by atoms with Gasteiger partial charge in [0.15, 0.2) is 0 Å². The maximum absolute atomic E-state index is 12.2. The van der Waals surface area contributed by atoms with E-state index in [1.807, 2.05) is 0 Å². The van der Waals surface area contributed by atoms with Gasteiger partial charge in [-0.05, 0) is 32.4 Å². The number of carbonyl (C=O) groups is 2. The minimum Gasteiger partial charge on any atom is -0.496 e. The van der Waals surface area contributed by atoms with Crippen LogP contribution in [0.25, 0.3) is 0 Å². The fourth-order valence-corrected chi connectivity index (χ4v) is 1.75. The van der Waals surface area contributed by atoms with E-state index in [2.05, 4.69) is 5.32 Å². The Balaban J connectivity index is 2.83. The number of nitrogen functional groups attached to an aromatic ring is 1. The van der Waals surface area contributed by atoms with Crippen molar-refractivity contribution in [2.75, 3.05) is 12.8 Å². The lowest BCUT2D eigenvalue weighted by Gasteiger charge is -2.26. The third kappa shape index (κ3) is 4.46. The lowest BCUT2D eigenvalue weighted by atomic mass is 9.97. The Kier molecular flexibility index (Phi) is 4.96. The second-order valence-electron chi connectivity index (χ2n) is 5.19. The van der Waals surface area contributed by atoms with Crippen molar-refractivity contribution < 1.29 is 19.4 Å². The lowest BCUT2D eigenvalue weighted by molar-refractivity contribution is -0.137. The number of aliphatic carboxylic acids is 1. The van der Waals surface area contributed by atoms with Gasteiger partial charge in [-0.15, -0.1) is 0 Å². The van der Waals surface area contributed by atoms with E-state index in [0.29, 0.717) is 23.4 Å². The first-order valence-corrected chi connectivity index (χ1v) is 6.23.